The van der Waals surface area contributed by atoms with Crippen molar-refractivity contribution in [3.63, 3.8) is 0 Å². The summed E-state index contributed by atoms with van der Waals surface area (Å²) in [4.78, 5) is 38.9. The minimum absolute atomic E-state index is 0.0278. The van der Waals surface area contributed by atoms with Crippen LogP contribution in [0, 0.1) is 0 Å². The van der Waals surface area contributed by atoms with Crippen LogP contribution in [0.15, 0.2) is 180 Å². The summed E-state index contributed by atoms with van der Waals surface area (Å²) in [6.45, 7) is 0.598. The second kappa shape index (κ2) is 24.9. The van der Waals surface area contributed by atoms with Gasteiger partial charge in [-0.2, -0.15) is 0 Å². The van der Waals surface area contributed by atoms with Gasteiger partial charge in [-0.1, -0.05) is 169 Å². The number of carboxylic acid groups (broad SMARTS) is 1. The number of carbonyl (C=O) groups excluding carboxylic acids is 1. The highest BCUT2D eigenvalue weighted by Crippen LogP contribution is 2.42. The van der Waals surface area contributed by atoms with E-state index in [1.165, 1.54) is 11.3 Å². The predicted molar refractivity (Wildman–Crippen MR) is 257 cm³/mol. The van der Waals surface area contributed by atoms with E-state index in [4.69, 9.17) is 43.0 Å². The standard InChI is InChI=1S/C53H51N3O11S/c1-60-31-33-62-36-64-45-30-18-29-43(48(45)65-37-63-34-32-61-2)49(51(59)66-47(38-19-8-3-9-20-38)39-21-10-4-11-22-39)67-56-46(50(57)58)44-35-68-52(54-44)55-53(40-23-12-5-13-24-40,41-25-14-6-15-26-41)42-27-16-7-17-28-42/h3-30,35,47,49H,31-34,36-37H2,1-2H3,(H,54,55)(H,57,58)/b56-46-. The minimum Gasteiger partial charge on any atom is -0.476 e. The molecular formula is C53H51N3O11S. The fourth-order valence-corrected chi connectivity index (χ4v) is 8.04. The minimum atomic E-state index is -1.73. The molecule has 0 fully saturated rings. The largest absolute Gasteiger partial charge is 0.476 e. The number of anilines is 1. The molecule has 0 aliphatic carbocycles. The molecule has 14 nitrogen and oxygen atoms in total. The van der Waals surface area contributed by atoms with Crippen molar-refractivity contribution in [2.75, 3.05) is 59.5 Å². The molecule has 1 atom stereocenters. The SMILES string of the molecule is COCCOCOc1cccc(C(O/N=C(\C(=O)O)c2csc(NC(c3ccccc3)(c3ccccc3)c3ccccc3)n2)C(=O)OC(c2ccccc2)c2ccccc2)c1OCOCCOC. The zero-order chi connectivity index (χ0) is 47.4. The molecular weight excluding hydrogens is 887 g/mol. The van der Waals surface area contributed by atoms with E-state index in [9.17, 15) is 14.7 Å². The molecule has 350 valence electrons. The number of rotatable bonds is 26. The number of thiazole rings is 1. The number of aromatic nitrogens is 1. The summed E-state index contributed by atoms with van der Waals surface area (Å²) < 4.78 is 39.9. The van der Waals surface area contributed by atoms with Crippen molar-refractivity contribution in [2.24, 2.45) is 5.16 Å². The number of nitrogens with zero attached hydrogens (tertiary/aromatic N) is 2. The molecule has 6 aromatic carbocycles. The van der Waals surface area contributed by atoms with Crippen LogP contribution in [0.25, 0.3) is 0 Å². The monoisotopic (exact) mass is 937 g/mol. The van der Waals surface area contributed by atoms with Crippen LogP contribution in [0.2, 0.25) is 0 Å². The van der Waals surface area contributed by atoms with E-state index < -0.39 is 35.4 Å². The number of hydrogen-bond acceptors (Lipinski definition) is 14. The summed E-state index contributed by atoms with van der Waals surface area (Å²) in [6, 6.07) is 52.9. The number of nitrogens with one attached hydrogen (secondary N) is 1. The molecule has 0 radical (unpaired) electrons. The first-order valence-electron chi connectivity index (χ1n) is 21.6. The molecule has 0 amide bonds. The van der Waals surface area contributed by atoms with Gasteiger partial charge in [0.25, 0.3) is 6.10 Å². The first-order valence-corrected chi connectivity index (χ1v) is 22.5. The maximum atomic E-state index is 14.8. The molecule has 0 saturated heterocycles. The maximum Gasteiger partial charge on any atom is 0.360 e. The lowest BCUT2D eigenvalue weighted by Gasteiger charge is -2.36. The van der Waals surface area contributed by atoms with Crippen LogP contribution in [0.5, 0.6) is 11.5 Å². The van der Waals surface area contributed by atoms with Gasteiger partial charge < -0.3 is 48.4 Å². The van der Waals surface area contributed by atoms with E-state index in [-0.39, 0.29) is 49.6 Å². The molecule has 0 spiro atoms. The topological polar surface area (TPSA) is 165 Å². The molecule has 7 rings (SSSR count). The van der Waals surface area contributed by atoms with Crippen LogP contribution in [-0.4, -0.2) is 82.0 Å². The van der Waals surface area contributed by atoms with E-state index in [1.54, 1.807) is 37.8 Å². The average molecular weight is 938 g/mol. The number of ether oxygens (including phenoxy) is 7. The van der Waals surface area contributed by atoms with Gasteiger partial charge in [-0.3, -0.25) is 0 Å². The molecule has 1 heterocycles. The summed E-state index contributed by atoms with van der Waals surface area (Å²) in [5.41, 5.74) is 2.64. The van der Waals surface area contributed by atoms with Gasteiger partial charge in [-0.05, 0) is 33.9 Å². The third-order valence-electron chi connectivity index (χ3n) is 10.5. The van der Waals surface area contributed by atoms with Crippen LogP contribution in [0.1, 0.15) is 51.3 Å². The third-order valence-corrected chi connectivity index (χ3v) is 11.3. The number of para-hydroxylation sites is 1. The Morgan fingerprint density at radius 2 is 1.15 bits per heavy atom. The Bertz CT molecular complexity index is 2520. The highest BCUT2D eigenvalue weighted by Gasteiger charge is 2.38. The lowest BCUT2D eigenvalue weighted by molar-refractivity contribution is -0.162. The van der Waals surface area contributed by atoms with Crippen LogP contribution < -0.4 is 14.8 Å². The predicted octanol–water partition coefficient (Wildman–Crippen LogP) is 9.43. The van der Waals surface area contributed by atoms with Crippen LogP contribution >= 0.6 is 11.3 Å². The van der Waals surface area contributed by atoms with Crippen molar-refractivity contribution in [2.45, 2.75) is 17.7 Å². The summed E-state index contributed by atoms with van der Waals surface area (Å²) in [6.07, 6.45) is -2.63. The number of esters is 1. The number of carboxylic acids is 1. The fraction of sp³-hybridized carbons (Fsp3) is 0.208. The summed E-state index contributed by atoms with van der Waals surface area (Å²) in [5.74, 6) is -2.19. The Morgan fingerprint density at radius 3 is 1.65 bits per heavy atom. The van der Waals surface area contributed by atoms with Gasteiger partial charge in [0.1, 0.15) is 11.2 Å². The Labute approximate surface area is 398 Å². The van der Waals surface area contributed by atoms with E-state index in [0.29, 0.717) is 29.5 Å². The smallest absolute Gasteiger partial charge is 0.360 e. The van der Waals surface area contributed by atoms with Gasteiger partial charge in [-0.25, -0.2) is 14.6 Å². The molecule has 1 aromatic heterocycles. The van der Waals surface area contributed by atoms with Gasteiger partial charge in [-0.15, -0.1) is 11.3 Å². The lowest BCUT2D eigenvalue weighted by Crippen LogP contribution is -2.38. The Kier molecular flexibility index (Phi) is 17.8. The molecule has 0 aliphatic rings. The molecule has 2 N–H and O–H groups in total. The highest BCUT2D eigenvalue weighted by molar-refractivity contribution is 7.14. The van der Waals surface area contributed by atoms with Crippen molar-refractivity contribution >= 4 is 34.1 Å². The number of methoxy groups -OCH3 is 2. The third kappa shape index (κ3) is 12.3. The summed E-state index contributed by atoms with van der Waals surface area (Å²) in [5, 5.41) is 20.5. The Balaban J connectivity index is 1.29. The Hall–Kier alpha value is -7.40. The number of aliphatic carboxylic acids is 1. The van der Waals surface area contributed by atoms with Crippen LogP contribution in [0.3, 0.4) is 0 Å². The van der Waals surface area contributed by atoms with E-state index in [2.05, 4.69) is 10.5 Å². The van der Waals surface area contributed by atoms with Crippen LogP contribution in [-0.2, 0) is 43.6 Å². The van der Waals surface area contributed by atoms with Crippen LogP contribution in [0.4, 0.5) is 5.13 Å². The fourth-order valence-electron chi connectivity index (χ4n) is 7.29. The number of carbonyl (C=O) groups is 2. The van der Waals surface area contributed by atoms with E-state index in [0.717, 1.165) is 16.7 Å². The highest BCUT2D eigenvalue weighted by atomic mass is 32.1. The summed E-state index contributed by atoms with van der Waals surface area (Å²) in [7, 11) is 3.10. The van der Waals surface area contributed by atoms with E-state index in [1.807, 2.05) is 152 Å². The van der Waals surface area contributed by atoms with E-state index >= 15 is 0 Å². The average Bonchev–Trinajstić information content (AvgIpc) is 3.85. The molecule has 0 aliphatic heterocycles. The van der Waals surface area contributed by atoms with Crippen molar-refractivity contribution < 1.29 is 52.7 Å². The first kappa shape index (κ1) is 48.5. The lowest BCUT2D eigenvalue weighted by atomic mass is 9.77. The number of oxime groups is 1. The normalized spacial score (nSPS) is 12.0. The van der Waals surface area contributed by atoms with Crippen molar-refractivity contribution in [1.29, 1.82) is 0 Å². The Morgan fingerprint density at radius 1 is 0.647 bits per heavy atom. The molecule has 0 bridgehead atoms. The molecule has 1 unspecified atom stereocenters. The second-order valence-corrected chi connectivity index (χ2v) is 15.7. The molecule has 0 saturated carbocycles. The van der Waals surface area contributed by atoms with Crippen molar-refractivity contribution in [3.8, 4) is 11.5 Å². The zero-order valence-corrected chi connectivity index (χ0v) is 38.3. The molecule has 7 aromatic rings. The number of benzene rings is 6. The quantitative estimate of drug-likeness (QED) is 0.0132. The first-order chi connectivity index (χ1) is 33.4. The molecule has 15 heteroatoms. The van der Waals surface area contributed by atoms with Gasteiger partial charge >= 0.3 is 11.9 Å². The molecule has 68 heavy (non-hydrogen) atoms. The zero-order valence-electron chi connectivity index (χ0n) is 37.5. The second-order valence-electron chi connectivity index (χ2n) is 14.9. The van der Waals surface area contributed by atoms with Gasteiger partial charge in [0.15, 0.2) is 36.3 Å². The van der Waals surface area contributed by atoms with Gasteiger partial charge in [0, 0.05) is 19.6 Å². The van der Waals surface area contributed by atoms with Gasteiger partial charge in [0.2, 0.25) is 5.71 Å². The van der Waals surface area contributed by atoms with Crippen molar-refractivity contribution in [1.82, 2.24) is 4.98 Å². The van der Waals surface area contributed by atoms with Gasteiger partial charge in [0.05, 0.1) is 32.0 Å². The van der Waals surface area contributed by atoms with Crippen molar-refractivity contribution in [3.05, 3.63) is 214 Å². The maximum absolute atomic E-state index is 14.8. The summed E-state index contributed by atoms with van der Waals surface area (Å²) >= 11 is 1.19. The number of hydrogen-bond donors (Lipinski definition) is 2.